The summed E-state index contributed by atoms with van der Waals surface area (Å²) in [5.41, 5.74) is 1.31. The van der Waals surface area contributed by atoms with E-state index < -0.39 is 0 Å². The van der Waals surface area contributed by atoms with Crippen LogP contribution in [0.5, 0.6) is 11.5 Å². The van der Waals surface area contributed by atoms with Gasteiger partial charge in [0.25, 0.3) is 0 Å². The first-order valence-electron chi connectivity index (χ1n) is 8.57. The predicted molar refractivity (Wildman–Crippen MR) is 97.3 cm³/mol. The second-order valence-electron chi connectivity index (χ2n) is 7.25. The Bertz CT molecular complexity index is 811. The molecule has 1 amide bonds. The third kappa shape index (κ3) is 3.83. The average molecular weight is 359 g/mol. The summed E-state index contributed by atoms with van der Waals surface area (Å²) < 4.78 is 16.4. The number of fused-ring (bicyclic) bond motifs is 1. The van der Waals surface area contributed by atoms with Crippen LogP contribution in [0.4, 0.5) is 0 Å². The Hall–Kier alpha value is -2.54. The molecule has 26 heavy (non-hydrogen) atoms. The molecule has 0 fully saturated rings. The molecule has 7 nitrogen and oxygen atoms in total. The van der Waals surface area contributed by atoms with Crippen molar-refractivity contribution in [2.24, 2.45) is 0 Å². The predicted octanol–water partition coefficient (Wildman–Crippen LogP) is 2.38. The molecule has 2 aromatic rings. The second kappa shape index (κ2) is 6.99. The lowest BCUT2D eigenvalue weighted by Gasteiger charge is -2.32. The zero-order chi connectivity index (χ0) is 18.9. The van der Waals surface area contributed by atoms with E-state index in [0.717, 1.165) is 5.56 Å². The van der Waals surface area contributed by atoms with Crippen molar-refractivity contribution in [2.45, 2.75) is 32.7 Å². The quantitative estimate of drug-likeness (QED) is 0.853. The maximum absolute atomic E-state index is 12.3. The topological polar surface area (TPSA) is 76.8 Å². The van der Waals surface area contributed by atoms with Crippen LogP contribution in [-0.4, -0.2) is 48.8 Å². The van der Waals surface area contributed by atoms with Crippen LogP contribution in [0.3, 0.4) is 0 Å². The molecule has 1 aliphatic rings. The van der Waals surface area contributed by atoms with Gasteiger partial charge in [-0.1, -0.05) is 0 Å². The summed E-state index contributed by atoms with van der Waals surface area (Å²) in [5, 5.41) is 2.96. The number of nitrogens with one attached hydrogen (secondary N) is 1. The first kappa shape index (κ1) is 18.3. The van der Waals surface area contributed by atoms with Gasteiger partial charge in [0, 0.05) is 17.6 Å². The molecule has 1 aliphatic heterocycles. The molecule has 3 rings (SSSR count). The minimum Gasteiger partial charge on any atom is -0.454 e. The number of amides is 1. The van der Waals surface area contributed by atoms with Crippen LogP contribution in [0.1, 0.15) is 25.3 Å². The number of hydrogen-bond acceptors (Lipinski definition) is 6. The standard InChI is InChI=1S/C19H25N3O4/c1-12-14(9-17(23)20-10-19(2,3)22(4)5)21-18(26-12)13-6-7-15-16(8-13)25-11-24-15/h6-8H,9-11H2,1-5H3,(H,20,23). The van der Waals surface area contributed by atoms with Gasteiger partial charge in [-0.05, 0) is 53.1 Å². The fourth-order valence-electron chi connectivity index (χ4n) is 2.43. The Labute approximate surface area is 153 Å². The highest BCUT2D eigenvalue weighted by atomic mass is 16.7. The third-order valence-electron chi connectivity index (χ3n) is 4.77. The van der Waals surface area contributed by atoms with Crippen LogP contribution in [0.2, 0.25) is 0 Å². The molecule has 0 spiro atoms. The first-order chi connectivity index (χ1) is 12.3. The van der Waals surface area contributed by atoms with Crippen molar-refractivity contribution in [2.75, 3.05) is 27.4 Å². The van der Waals surface area contributed by atoms with E-state index in [9.17, 15) is 4.79 Å². The molecule has 1 aromatic carbocycles. The van der Waals surface area contributed by atoms with Crippen molar-refractivity contribution in [1.29, 1.82) is 0 Å². The summed E-state index contributed by atoms with van der Waals surface area (Å²) >= 11 is 0. The molecule has 0 bridgehead atoms. The number of carbonyl (C=O) groups is 1. The number of oxazole rings is 1. The highest BCUT2D eigenvalue weighted by molar-refractivity contribution is 5.78. The normalized spacial score (nSPS) is 13.3. The molecular formula is C19H25N3O4. The van der Waals surface area contributed by atoms with Crippen LogP contribution in [-0.2, 0) is 11.2 Å². The lowest BCUT2D eigenvalue weighted by molar-refractivity contribution is -0.121. The second-order valence-corrected chi connectivity index (χ2v) is 7.25. The van der Waals surface area contributed by atoms with E-state index in [1.54, 1.807) is 0 Å². The number of benzene rings is 1. The van der Waals surface area contributed by atoms with Crippen molar-refractivity contribution in [1.82, 2.24) is 15.2 Å². The van der Waals surface area contributed by atoms with Crippen LogP contribution in [0.25, 0.3) is 11.5 Å². The molecule has 2 heterocycles. The van der Waals surface area contributed by atoms with E-state index in [1.165, 1.54) is 0 Å². The number of hydrogen-bond donors (Lipinski definition) is 1. The lowest BCUT2D eigenvalue weighted by Crippen LogP contribution is -2.48. The number of likely N-dealkylation sites (N-methyl/N-ethyl adjacent to an activating group) is 1. The molecule has 1 N–H and O–H groups in total. The summed E-state index contributed by atoms with van der Waals surface area (Å²) in [6, 6.07) is 5.52. The Balaban J connectivity index is 1.68. The van der Waals surface area contributed by atoms with Crippen LogP contribution in [0, 0.1) is 6.92 Å². The maximum Gasteiger partial charge on any atom is 0.231 e. The Morgan fingerprint density at radius 2 is 2.00 bits per heavy atom. The van der Waals surface area contributed by atoms with Crippen molar-refractivity contribution < 1.29 is 18.7 Å². The van der Waals surface area contributed by atoms with Crippen LogP contribution in [0.15, 0.2) is 22.6 Å². The Morgan fingerprint density at radius 1 is 1.27 bits per heavy atom. The maximum atomic E-state index is 12.3. The van der Waals surface area contributed by atoms with Gasteiger partial charge in [-0.25, -0.2) is 4.98 Å². The molecule has 0 aliphatic carbocycles. The monoisotopic (exact) mass is 359 g/mol. The van der Waals surface area contributed by atoms with E-state index in [2.05, 4.69) is 29.0 Å². The summed E-state index contributed by atoms with van der Waals surface area (Å²) in [7, 11) is 3.98. The minimum atomic E-state index is -0.119. The summed E-state index contributed by atoms with van der Waals surface area (Å²) in [4.78, 5) is 18.9. The Morgan fingerprint density at radius 3 is 2.73 bits per heavy atom. The van der Waals surface area contributed by atoms with Crippen LogP contribution < -0.4 is 14.8 Å². The van der Waals surface area contributed by atoms with Gasteiger partial charge in [-0.3, -0.25) is 4.79 Å². The first-order valence-corrected chi connectivity index (χ1v) is 8.57. The average Bonchev–Trinajstić information content (AvgIpc) is 3.19. The van der Waals surface area contributed by atoms with Gasteiger partial charge in [0.2, 0.25) is 18.6 Å². The number of aryl methyl sites for hydroxylation is 1. The largest absolute Gasteiger partial charge is 0.454 e. The van der Waals surface area contributed by atoms with Gasteiger partial charge in [-0.2, -0.15) is 0 Å². The molecule has 7 heteroatoms. The fourth-order valence-corrected chi connectivity index (χ4v) is 2.43. The van der Waals surface area contributed by atoms with Gasteiger partial charge < -0.3 is 24.1 Å². The summed E-state index contributed by atoms with van der Waals surface area (Å²) in [6.45, 7) is 6.75. The Kier molecular flexibility index (Phi) is 4.91. The molecule has 0 saturated carbocycles. The molecule has 140 valence electrons. The third-order valence-corrected chi connectivity index (χ3v) is 4.77. The zero-order valence-electron chi connectivity index (χ0n) is 15.9. The van der Waals surface area contributed by atoms with E-state index in [0.29, 0.717) is 35.4 Å². The van der Waals surface area contributed by atoms with E-state index in [4.69, 9.17) is 13.9 Å². The van der Waals surface area contributed by atoms with E-state index in [-0.39, 0.29) is 24.7 Å². The smallest absolute Gasteiger partial charge is 0.231 e. The number of aromatic nitrogens is 1. The lowest BCUT2D eigenvalue weighted by atomic mass is 10.0. The molecule has 0 unspecified atom stereocenters. The van der Waals surface area contributed by atoms with Crippen molar-refractivity contribution >= 4 is 5.91 Å². The molecule has 0 radical (unpaired) electrons. The number of ether oxygens (including phenoxy) is 2. The molecule has 0 atom stereocenters. The van der Waals surface area contributed by atoms with Gasteiger partial charge in [0.05, 0.1) is 12.1 Å². The highest BCUT2D eigenvalue weighted by Gasteiger charge is 2.22. The molecule has 1 aromatic heterocycles. The number of rotatable bonds is 6. The number of carbonyl (C=O) groups excluding carboxylic acids is 1. The summed E-state index contributed by atoms with van der Waals surface area (Å²) in [5.74, 6) is 2.41. The van der Waals surface area contributed by atoms with Gasteiger partial charge in [0.1, 0.15) is 5.76 Å². The summed E-state index contributed by atoms with van der Waals surface area (Å²) in [6.07, 6.45) is 0.184. The van der Waals surface area contributed by atoms with Gasteiger partial charge >= 0.3 is 0 Å². The van der Waals surface area contributed by atoms with E-state index in [1.807, 2.05) is 39.2 Å². The highest BCUT2D eigenvalue weighted by Crippen LogP contribution is 2.36. The molecular weight excluding hydrogens is 334 g/mol. The fraction of sp³-hybridized carbons (Fsp3) is 0.474. The van der Waals surface area contributed by atoms with Crippen LogP contribution >= 0.6 is 0 Å². The van der Waals surface area contributed by atoms with E-state index >= 15 is 0 Å². The van der Waals surface area contributed by atoms with Crippen molar-refractivity contribution in [3.63, 3.8) is 0 Å². The SMILES string of the molecule is Cc1oc(-c2ccc3c(c2)OCO3)nc1CC(=O)NCC(C)(C)N(C)C. The molecule has 0 saturated heterocycles. The van der Waals surface area contributed by atoms with Gasteiger partial charge in [-0.15, -0.1) is 0 Å². The van der Waals surface area contributed by atoms with Crippen molar-refractivity contribution in [3.8, 4) is 23.0 Å². The minimum absolute atomic E-state index is 0.0754. The number of nitrogens with zero attached hydrogens (tertiary/aromatic N) is 2. The zero-order valence-corrected chi connectivity index (χ0v) is 15.9. The van der Waals surface area contributed by atoms with Crippen molar-refractivity contribution in [3.05, 3.63) is 29.7 Å². The van der Waals surface area contributed by atoms with Gasteiger partial charge in [0.15, 0.2) is 11.5 Å².